The minimum Gasteiger partial charge on any atom is -0.444 e. The molecule has 0 aromatic heterocycles. The van der Waals surface area contributed by atoms with Crippen LogP contribution in [-0.2, 0) is 4.74 Å². The summed E-state index contributed by atoms with van der Waals surface area (Å²) >= 11 is 0. The summed E-state index contributed by atoms with van der Waals surface area (Å²) in [5, 5.41) is 13.7. The lowest BCUT2D eigenvalue weighted by Crippen LogP contribution is -2.52. The van der Waals surface area contributed by atoms with Crippen LogP contribution in [0.25, 0.3) is 0 Å². The Labute approximate surface area is 116 Å². The van der Waals surface area contributed by atoms with Crippen molar-refractivity contribution in [2.75, 3.05) is 19.6 Å². The summed E-state index contributed by atoms with van der Waals surface area (Å²) in [6.07, 6.45) is 0.893. The van der Waals surface area contributed by atoms with Gasteiger partial charge in [0.05, 0.1) is 5.60 Å². The molecule has 1 heterocycles. The summed E-state index contributed by atoms with van der Waals surface area (Å²) in [6.45, 7) is 11.4. The fourth-order valence-corrected chi connectivity index (χ4v) is 2.00. The molecule has 0 bridgehead atoms. The van der Waals surface area contributed by atoms with E-state index in [0.717, 1.165) is 0 Å². The summed E-state index contributed by atoms with van der Waals surface area (Å²) in [5.41, 5.74) is -1.17. The molecular formula is C14H28N2O3. The molecule has 1 aliphatic heterocycles. The van der Waals surface area contributed by atoms with E-state index in [4.69, 9.17) is 4.74 Å². The summed E-state index contributed by atoms with van der Waals surface area (Å²) < 4.78 is 5.33. The highest BCUT2D eigenvalue weighted by molar-refractivity contribution is 5.68. The molecular weight excluding hydrogens is 244 g/mol. The second-order valence-corrected chi connectivity index (χ2v) is 6.73. The Balaban J connectivity index is 2.41. The Hall–Kier alpha value is -0.810. The minimum atomic E-state index is -0.706. The molecule has 1 rings (SSSR count). The van der Waals surface area contributed by atoms with Crippen molar-refractivity contribution in [3.8, 4) is 0 Å². The van der Waals surface area contributed by atoms with Crippen LogP contribution in [0.5, 0.6) is 0 Å². The maximum Gasteiger partial charge on any atom is 0.410 e. The van der Waals surface area contributed by atoms with Crippen molar-refractivity contribution in [1.29, 1.82) is 0 Å². The Bertz CT molecular complexity index is 302. The van der Waals surface area contributed by atoms with Crippen molar-refractivity contribution in [3.05, 3.63) is 0 Å². The van der Waals surface area contributed by atoms with E-state index in [9.17, 15) is 9.90 Å². The molecule has 1 saturated heterocycles. The molecule has 0 aliphatic carbocycles. The summed E-state index contributed by atoms with van der Waals surface area (Å²) in [7, 11) is 0. The predicted molar refractivity (Wildman–Crippen MR) is 75.1 cm³/mol. The van der Waals surface area contributed by atoms with E-state index in [2.05, 4.69) is 19.2 Å². The van der Waals surface area contributed by atoms with Crippen LogP contribution in [0.4, 0.5) is 4.79 Å². The van der Waals surface area contributed by atoms with E-state index in [1.807, 2.05) is 20.8 Å². The average Bonchev–Trinajstić information content (AvgIpc) is 2.25. The molecule has 1 fully saturated rings. The molecule has 0 spiro atoms. The van der Waals surface area contributed by atoms with Gasteiger partial charge in [-0.1, -0.05) is 13.8 Å². The van der Waals surface area contributed by atoms with E-state index < -0.39 is 11.2 Å². The summed E-state index contributed by atoms with van der Waals surface area (Å²) in [4.78, 5) is 13.6. The first-order valence-corrected chi connectivity index (χ1v) is 7.05. The number of hydrogen-bond acceptors (Lipinski definition) is 4. The zero-order valence-corrected chi connectivity index (χ0v) is 12.8. The third-order valence-electron chi connectivity index (χ3n) is 3.19. The SMILES string of the molecule is CC(C)NCC1(O)CCN(C(=O)OC(C)(C)C)CC1. The van der Waals surface area contributed by atoms with Gasteiger partial charge in [-0.25, -0.2) is 4.79 Å². The first-order valence-electron chi connectivity index (χ1n) is 7.05. The zero-order valence-electron chi connectivity index (χ0n) is 12.8. The molecule has 1 amide bonds. The van der Waals surface area contributed by atoms with Crippen LogP contribution in [0.15, 0.2) is 0 Å². The van der Waals surface area contributed by atoms with Gasteiger partial charge in [0.2, 0.25) is 0 Å². The number of carbonyl (C=O) groups is 1. The number of amides is 1. The van der Waals surface area contributed by atoms with E-state index in [1.54, 1.807) is 4.90 Å². The highest BCUT2D eigenvalue weighted by Gasteiger charge is 2.35. The summed E-state index contributed by atoms with van der Waals surface area (Å²) in [6, 6.07) is 0.355. The zero-order chi connectivity index (χ0) is 14.7. The number of rotatable bonds is 3. The third-order valence-corrected chi connectivity index (χ3v) is 3.19. The molecule has 19 heavy (non-hydrogen) atoms. The van der Waals surface area contributed by atoms with Crippen molar-refractivity contribution in [1.82, 2.24) is 10.2 Å². The van der Waals surface area contributed by atoms with Gasteiger partial charge in [-0.2, -0.15) is 0 Å². The van der Waals surface area contributed by atoms with E-state index in [0.29, 0.717) is 38.5 Å². The van der Waals surface area contributed by atoms with Crippen LogP contribution in [0.3, 0.4) is 0 Å². The summed E-state index contributed by atoms with van der Waals surface area (Å²) in [5.74, 6) is 0. The highest BCUT2D eigenvalue weighted by Crippen LogP contribution is 2.23. The molecule has 2 N–H and O–H groups in total. The van der Waals surface area contributed by atoms with E-state index in [1.165, 1.54) is 0 Å². The average molecular weight is 272 g/mol. The lowest BCUT2D eigenvalue weighted by Gasteiger charge is -2.39. The predicted octanol–water partition coefficient (Wildman–Crippen LogP) is 1.75. The lowest BCUT2D eigenvalue weighted by atomic mass is 9.91. The second kappa shape index (κ2) is 6.09. The van der Waals surface area contributed by atoms with Gasteiger partial charge >= 0.3 is 6.09 Å². The number of nitrogens with zero attached hydrogens (tertiary/aromatic N) is 1. The largest absolute Gasteiger partial charge is 0.444 e. The van der Waals surface area contributed by atoms with Crippen LogP contribution < -0.4 is 5.32 Å². The molecule has 0 unspecified atom stereocenters. The smallest absolute Gasteiger partial charge is 0.410 e. The van der Waals surface area contributed by atoms with Crippen LogP contribution >= 0.6 is 0 Å². The lowest BCUT2D eigenvalue weighted by molar-refractivity contribution is -0.0317. The molecule has 1 aliphatic rings. The first-order chi connectivity index (χ1) is 8.61. The third kappa shape index (κ3) is 5.78. The highest BCUT2D eigenvalue weighted by atomic mass is 16.6. The number of hydrogen-bond donors (Lipinski definition) is 2. The van der Waals surface area contributed by atoms with Gasteiger partial charge < -0.3 is 20.1 Å². The molecule has 5 nitrogen and oxygen atoms in total. The Kier molecular flexibility index (Phi) is 5.21. The van der Waals surface area contributed by atoms with Gasteiger partial charge in [0.15, 0.2) is 0 Å². The fraction of sp³-hybridized carbons (Fsp3) is 0.929. The van der Waals surface area contributed by atoms with Gasteiger partial charge in [0.1, 0.15) is 5.60 Å². The molecule has 5 heteroatoms. The molecule has 0 aromatic rings. The first kappa shape index (κ1) is 16.2. The second-order valence-electron chi connectivity index (χ2n) is 6.73. The number of likely N-dealkylation sites (tertiary alicyclic amines) is 1. The number of aliphatic hydroxyl groups is 1. The monoisotopic (exact) mass is 272 g/mol. The maximum atomic E-state index is 11.9. The normalized spacial score (nSPS) is 19.6. The van der Waals surface area contributed by atoms with Gasteiger partial charge in [0, 0.05) is 25.7 Å². The van der Waals surface area contributed by atoms with Crippen LogP contribution in [-0.4, -0.2) is 53.0 Å². The van der Waals surface area contributed by atoms with Crippen LogP contribution in [0, 0.1) is 0 Å². The fourth-order valence-electron chi connectivity index (χ4n) is 2.00. The van der Waals surface area contributed by atoms with Crippen molar-refractivity contribution in [2.24, 2.45) is 0 Å². The van der Waals surface area contributed by atoms with E-state index in [-0.39, 0.29) is 6.09 Å². The minimum absolute atomic E-state index is 0.286. The molecule has 0 atom stereocenters. The Morgan fingerprint density at radius 2 is 1.89 bits per heavy atom. The number of piperidine rings is 1. The quantitative estimate of drug-likeness (QED) is 0.821. The van der Waals surface area contributed by atoms with E-state index >= 15 is 0 Å². The Morgan fingerprint density at radius 3 is 2.32 bits per heavy atom. The van der Waals surface area contributed by atoms with Crippen LogP contribution in [0.1, 0.15) is 47.5 Å². The van der Waals surface area contributed by atoms with Gasteiger partial charge in [-0.3, -0.25) is 0 Å². The van der Waals surface area contributed by atoms with Crippen molar-refractivity contribution < 1.29 is 14.6 Å². The Morgan fingerprint density at radius 1 is 1.37 bits per heavy atom. The molecule has 0 radical (unpaired) electrons. The van der Waals surface area contributed by atoms with Gasteiger partial charge in [-0.05, 0) is 33.6 Å². The maximum absolute atomic E-state index is 11.9. The van der Waals surface area contributed by atoms with Crippen molar-refractivity contribution in [3.63, 3.8) is 0 Å². The number of ether oxygens (including phenoxy) is 1. The van der Waals surface area contributed by atoms with Crippen LogP contribution in [0.2, 0.25) is 0 Å². The number of nitrogens with one attached hydrogen (secondary N) is 1. The molecule has 112 valence electrons. The number of carbonyl (C=O) groups excluding carboxylic acids is 1. The van der Waals surface area contributed by atoms with Gasteiger partial charge in [0.25, 0.3) is 0 Å². The topological polar surface area (TPSA) is 61.8 Å². The van der Waals surface area contributed by atoms with Gasteiger partial charge in [-0.15, -0.1) is 0 Å². The van der Waals surface area contributed by atoms with Crippen molar-refractivity contribution >= 4 is 6.09 Å². The molecule has 0 aromatic carbocycles. The molecule has 0 saturated carbocycles. The van der Waals surface area contributed by atoms with Crippen molar-refractivity contribution in [2.45, 2.75) is 64.7 Å². The standard InChI is InChI=1S/C14H28N2O3/c1-11(2)15-10-14(18)6-8-16(9-7-14)12(17)19-13(3,4)5/h11,15,18H,6-10H2,1-5H3.